The molecule has 4 heteroatoms. The minimum absolute atomic E-state index is 0.379. The quantitative estimate of drug-likeness (QED) is 0.732. The predicted octanol–water partition coefficient (Wildman–Crippen LogP) is 4.82. The van der Waals surface area contributed by atoms with E-state index in [1.807, 2.05) is 0 Å². The summed E-state index contributed by atoms with van der Waals surface area (Å²) in [7, 11) is 0. The van der Waals surface area contributed by atoms with Gasteiger partial charge in [0, 0.05) is 31.7 Å². The van der Waals surface area contributed by atoms with Crippen LogP contribution in [0.15, 0.2) is 29.4 Å². The first kappa shape index (κ1) is 18.5. The van der Waals surface area contributed by atoms with Crippen molar-refractivity contribution in [2.75, 3.05) is 19.6 Å². The molecular formula is C24H35N3O. The summed E-state index contributed by atoms with van der Waals surface area (Å²) in [6.45, 7) is 3.55. The SMILES string of the molecule is c1cc(C2=NN(C3CCC3)CCC2)ccc1OC1CCN(C2CCCC2)CC1. The molecule has 0 spiro atoms. The molecule has 1 saturated heterocycles. The van der Waals surface area contributed by atoms with Gasteiger partial charge in [0.15, 0.2) is 0 Å². The number of hydrogen-bond donors (Lipinski definition) is 0. The summed E-state index contributed by atoms with van der Waals surface area (Å²) in [5.41, 5.74) is 2.53. The van der Waals surface area contributed by atoms with Crippen LogP contribution in [0.4, 0.5) is 0 Å². The fraction of sp³-hybridized carbons (Fsp3) is 0.708. The summed E-state index contributed by atoms with van der Waals surface area (Å²) in [4.78, 5) is 2.71. The Morgan fingerprint density at radius 2 is 1.46 bits per heavy atom. The van der Waals surface area contributed by atoms with Crippen LogP contribution in [-0.2, 0) is 0 Å². The van der Waals surface area contributed by atoms with E-state index in [2.05, 4.69) is 34.2 Å². The topological polar surface area (TPSA) is 28.1 Å². The van der Waals surface area contributed by atoms with E-state index < -0.39 is 0 Å². The Kier molecular flexibility index (Phi) is 5.57. The highest BCUT2D eigenvalue weighted by atomic mass is 16.5. The Balaban J connectivity index is 1.15. The first-order chi connectivity index (χ1) is 13.8. The summed E-state index contributed by atoms with van der Waals surface area (Å²) in [5, 5.41) is 7.32. The smallest absolute Gasteiger partial charge is 0.119 e. The van der Waals surface area contributed by atoms with Gasteiger partial charge in [-0.05, 0) is 87.6 Å². The molecule has 152 valence electrons. The van der Waals surface area contributed by atoms with E-state index in [-0.39, 0.29) is 0 Å². The number of rotatable bonds is 5. The van der Waals surface area contributed by atoms with Crippen LogP contribution in [0.1, 0.15) is 76.2 Å². The molecule has 5 rings (SSSR count). The zero-order valence-corrected chi connectivity index (χ0v) is 17.2. The molecule has 1 aromatic carbocycles. The van der Waals surface area contributed by atoms with Crippen LogP contribution in [0.2, 0.25) is 0 Å². The van der Waals surface area contributed by atoms with Gasteiger partial charge in [0.25, 0.3) is 0 Å². The third kappa shape index (κ3) is 4.07. The second-order valence-electron chi connectivity index (χ2n) is 9.21. The van der Waals surface area contributed by atoms with E-state index in [4.69, 9.17) is 9.84 Å². The van der Waals surface area contributed by atoms with E-state index in [1.165, 1.54) is 88.6 Å². The van der Waals surface area contributed by atoms with Crippen LogP contribution in [0.5, 0.6) is 5.75 Å². The summed E-state index contributed by atoms with van der Waals surface area (Å²) in [6, 6.07) is 10.3. The lowest BCUT2D eigenvalue weighted by Crippen LogP contribution is -2.43. The van der Waals surface area contributed by atoms with Crippen molar-refractivity contribution in [3.05, 3.63) is 29.8 Å². The van der Waals surface area contributed by atoms with Crippen LogP contribution in [0.25, 0.3) is 0 Å². The molecule has 2 heterocycles. The fourth-order valence-electron chi connectivity index (χ4n) is 5.36. The molecule has 3 fully saturated rings. The highest BCUT2D eigenvalue weighted by Gasteiger charge is 2.28. The molecule has 2 aliphatic carbocycles. The lowest BCUT2D eigenvalue weighted by atomic mass is 9.92. The number of hydrazone groups is 1. The second-order valence-corrected chi connectivity index (χ2v) is 9.21. The molecule has 4 nitrogen and oxygen atoms in total. The molecule has 0 radical (unpaired) electrons. The van der Waals surface area contributed by atoms with E-state index >= 15 is 0 Å². The number of piperidine rings is 1. The van der Waals surface area contributed by atoms with Crippen molar-refractivity contribution < 1.29 is 4.74 Å². The van der Waals surface area contributed by atoms with E-state index in [0.717, 1.165) is 24.8 Å². The van der Waals surface area contributed by atoms with Gasteiger partial charge in [0.2, 0.25) is 0 Å². The molecule has 0 amide bonds. The zero-order chi connectivity index (χ0) is 18.8. The third-order valence-corrected chi connectivity index (χ3v) is 7.35. The number of hydrogen-bond acceptors (Lipinski definition) is 4. The highest BCUT2D eigenvalue weighted by Crippen LogP contribution is 2.29. The average Bonchev–Trinajstić information content (AvgIpc) is 3.23. The van der Waals surface area contributed by atoms with Gasteiger partial charge in [-0.15, -0.1) is 0 Å². The summed E-state index contributed by atoms with van der Waals surface area (Å²) >= 11 is 0. The average molecular weight is 382 g/mol. The van der Waals surface area contributed by atoms with Crippen molar-refractivity contribution in [2.24, 2.45) is 5.10 Å². The van der Waals surface area contributed by atoms with Gasteiger partial charge >= 0.3 is 0 Å². The van der Waals surface area contributed by atoms with Gasteiger partial charge in [0.1, 0.15) is 11.9 Å². The molecule has 28 heavy (non-hydrogen) atoms. The monoisotopic (exact) mass is 381 g/mol. The van der Waals surface area contributed by atoms with Gasteiger partial charge in [-0.3, -0.25) is 5.01 Å². The van der Waals surface area contributed by atoms with Crippen molar-refractivity contribution in [1.29, 1.82) is 0 Å². The number of nitrogens with zero attached hydrogens (tertiary/aromatic N) is 3. The first-order valence-corrected chi connectivity index (χ1v) is 11.7. The summed E-state index contributed by atoms with van der Waals surface area (Å²) < 4.78 is 6.32. The third-order valence-electron chi connectivity index (χ3n) is 7.35. The van der Waals surface area contributed by atoms with Crippen LogP contribution in [0, 0.1) is 0 Å². The normalized spacial score (nSPS) is 25.6. The molecule has 2 aliphatic heterocycles. The maximum atomic E-state index is 6.32. The number of ether oxygens (including phenoxy) is 1. The minimum atomic E-state index is 0.379. The maximum absolute atomic E-state index is 6.32. The van der Waals surface area contributed by atoms with Gasteiger partial charge in [-0.25, -0.2) is 0 Å². The van der Waals surface area contributed by atoms with E-state index in [0.29, 0.717) is 12.1 Å². The first-order valence-electron chi connectivity index (χ1n) is 11.7. The molecule has 1 aromatic rings. The Labute approximate surface area is 169 Å². The standard InChI is InChI=1S/C24H35N3O/c1-2-6-20(5-1)26-17-14-23(15-18-26)28-22-12-10-19(11-13-22)24-9-4-16-27(25-24)21-7-3-8-21/h10-13,20-21,23H,1-9,14-18H2. The van der Waals surface area contributed by atoms with E-state index in [9.17, 15) is 0 Å². The minimum Gasteiger partial charge on any atom is -0.490 e. The molecular weight excluding hydrogens is 346 g/mol. The second kappa shape index (κ2) is 8.44. The highest BCUT2D eigenvalue weighted by molar-refractivity contribution is 6.00. The Morgan fingerprint density at radius 3 is 2.14 bits per heavy atom. The predicted molar refractivity (Wildman–Crippen MR) is 114 cm³/mol. The molecule has 0 bridgehead atoms. The van der Waals surface area contributed by atoms with Crippen LogP contribution >= 0.6 is 0 Å². The molecule has 0 unspecified atom stereocenters. The zero-order valence-electron chi connectivity index (χ0n) is 17.2. The van der Waals surface area contributed by atoms with Crippen LogP contribution in [0.3, 0.4) is 0 Å². The largest absolute Gasteiger partial charge is 0.490 e. The van der Waals surface area contributed by atoms with Crippen LogP contribution in [-0.4, -0.2) is 53.4 Å². The van der Waals surface area contributed by atoms with Crippen molar-refractivity contribution >= 4 is 5.71 Å². The molecule has 0 N–H and O–H groups in total. The van der Waals surface area contributed by atoms with Crippen LogP contribution < -0.4 is 4.74 Å². The summed E-state index contributed by atoms with van der Waals surface area (Å²) in [5.74, 6) is 1.02. The Morgan fingerprint density at radius 1 is 0.750 bits per heavy atom. The van der Waals surface area contributed by atoms with Gasteiger partial charge < -0.3 is 9.64 Å². The molecule has 2 saturated carbocycles. The summed E-state index contributed by atoms with van der Waals surface area (Å²) in [6.07, 6.45) is 14.7. The number of benzene rings is 1. The van der Waals surface area contributed by atoms with E-state index in [1.54, 1.807) is 0 Å². The Bertz CT molecular complexity index is 668. The van der Waals surface area contributed by atoms with Gasteiger partial charge in [-0.1, -0.05) is 12.8 Å². The maximum Gasteiger partial charge on any atom is 0.119 e. The Hall–Kier alpha value is -1.55. The van der Waals surface area contributed by atoms with Crippen molar-refractivity contribution in [3.63, 3.8) is 0 Å². The molecule has 0 atom stereocenters. The van der Waals surface area contributed by atoms with Gasteiger partial charge in [0.05, 0.1) is 5.71 Å². The lowest BCUT2D eigenvalue weighted by molar-refractivity contribution is 0.0768. The lowest BCUT2D eigenvalue weighted by Gasteiger charge is -2.38. The van der Waals surface area contributed by atoms with Crippen molar-refractivity contribution in [3.8, 4) is 5.75 Å². The fourth-order valence-corrected chi connectivity index (χ4v) is 5.36. The van der Waals surface area contributed by atoms with Crippen molar-refractivity contribution in [2.45, 2.75) is 88.8 Å². The van der Waals surface area contributed by atoms with Crippen molar-refractivity contribution in [1.82, 2.24) is 9.91 Å². The van der Waals surface area contributed by atoms with Gasteiger partial charge in [-0.2, -0.15) is 5.10 Å². The number of likely N-dealkylation sites (tertiary alicyclic amines) is 1. The molecule has 4 aliphatic rings. The molecule has 0 aromatic heterocycles.